The smallest absolute Gasteiger partial charge is 0.330 e. The first-order chi connectivity index (χ1) is 16.5. The van der Waals surface area contributed by atoms with Crippen molar-refractivity contribution in [1.29, 1.82) is 0 Å². The number of aliphatic hydroxyl groups is 4. The van der Waals surface area contributed by atoms with Crippen LogP contribution in [0.1, 0.15) is 37.7 Å². The third-order valence-corrected chi connectivity index (χ3v) is 7.06. The highest BCUT2D eigenvalue weighted by atomic mass is 16.7. The Hall–Kier alpha value is -2.01. The second-order valence-electron chi connectivity index (χ2n) is 9.35. The van der Waals surface area contributed by atoms with Gasteiger partial charge in [-0.1, -0.05) is 18.6 Å². The van der Waals surface area contributed by atoms with Crippen molar-refractivity contribution in [2.24, 2.45) is 5.92 Å². The quantitative estimate of drug-likeness (QED) is 0.331. The van der Waals surface area contributed by atoms with Crippen LogP contribution in [-0.4, -0.2) is 94.3 Å². The van der Waals surface area contributed by atoms with Crippen molar-refractivity contribution in [2.75, 3.05) is 26.3 Å². The van der Waals surface area contributed by atoms with Crippen molar-refractivity contribution in [3.63, 3.8) is 0 Å². The Kier molecular flexibility index (Phi) is 8.57. The van der Waals surface area contributed by atoms with Crippen LogP contribution < -0.4 is 4.74 Å². The minimum atomic E-state index is -1.50. The van der Waals surface area contributed by atoms with E-state index < -0.39 is 37.3 Å². The molecule has 3 saturated heterocycles. The summed E-state index contributed by atoms with van der Waals surface area (Å²) in [6.45, 7) is 2.25. The fourth-order valence-corrected chi connectivity index (χ4v) is 5.13. The van der Waals surface area contributed by atoms with E-state index in [1.54, 1.807) is 30.3 Å². The van der Waals surface area contributed by atoms with Crippen LogP contribution >= 0.6 is 0 Å². The maximum Gasteiger partial charge on any atom is 0.330 e. The number of carbonyl (C=O) groups is 1. The van der Waals surface area contributed by atoms with Gasteiger partial charge in [-0.05, 0) is 62.5 Å². The van der Waals surface area contributed by atoms with Crippen molar-refractivity contribution < 1.29 is 39.4 Å². The first-order valence-corrected chi connectivity index (χ1v) is 12.1. The summed E-state index contributed by atoms with van der Waals surface area (Å²) in [4.78, 5) is 14.8. The molecule has 0 aliphatic carbocycles. The predicted molar refractivity (Wildman–Crippen MR) is 123 cm³/mol. The molecule has 0 radical (unpaired) electrons. The average Bonchev–Trinajstić information content (AvgIpc) is 2.87. The number of fused-ring (bicyclic) bond motifs is 1. The number of benzene rings is 1. The second-order valence-corrected chi connectivity index (χ2v) is 9.35. The molecule has 0 bridgehead atoms. The van der Waals surface area contributed by atoms with Crippen LogP contribution in [0.15, 0.2) is 30.3 Å². The minimum Gasteiger partial charge on any atom is -0.462 e. The van der Waals surface area contributed by atoms with Crippen molar-refractivity contribution in [2.45, 2.75) is 68.9 Å². The number of piperidine rings is 2. The largest absolute Gasteiger partial charge is 0.462 e. The molecule has 4 rings (SSSR count). The summed E-state index contributed by atoms with van der Waals surface area (Å²) in [5.74, 6) is 0.401. The molecular weight excluding hydrogens is 442 g/mol. The van der Waals surface area contributed by atoms with Gasteiger partial charge >= 0.3 is 5.97 Å². The SMILES string of the molecule is O=C(C=Cc1ccc(OC2OC(CO)C(O)C(O)C2O)cc1)OCC1CCCN2CCCCC12. The number of rotatable bonds is 7. The van der Waals surface area contributed by atoms with Gasteiger partial charge in [0, 0.05) is 18.0 Å². The maximum absolute atomic E-state index is 12.2. The lowest BCUT2D eigenvalue weighted by molar-refractivity contribution is -0.277. The number of hydrogen-bond acceptors (Lipinski definition) is 9. The monoisotopic (exact) mass is 477 g/mol. The molecule has 3 fully saturated rings. The summed E-state index contributed by atoms with van der Waals surface area (Å²) < 4.78 is 16.5. The Balaban J connectivity index is 1.26. The Morgan fingerprint density at radius 1 is 1.03 bits per heavy atom. The van der Waals surface area contributed by atoms with Crippen molar-refractivity contribution >= 4 is 12.0 Å². The van der Waals surface area contributed by atoms with E-state index in [2.05, 4.69) is 4.90 Å². The molecule has 7 atom stereocenters. The summed E-state index contributed by atoms with van der Waals surface area (Å²) in [6.07, 6.45) is 2.35. The van der Waals surface area contributed by atoms with Gasteiger partial charge in [-0.3, -0.25) is 4.90 Å². The van der Waals surface area contributed by atoms with Crippen molar-refractivity contribution in [3.05, 3.63) is 35.9 Å². The Bertz CT molecular complexity index is 827. The fraction of sp³-hybridized carbons (Fsp3) is 0.640. The van der Waals surface area contributed by atoms with Gasteiger partial charge in [-0.25, -0.2) is 4.79 Å². The number of ether oxygens (including phenoxy) is 3. The summed E-state index contributed by atoms with van der Waals surface area (Å²) in [5.41, 5.74) is 0.759. The molecule has 4 N–H and O–H groups in total. The molecule has 3 heterocycles. The van der Waals surface area contributed by atoms with E-state index in [4.69, 9.17) is 14.2 Å². The van der Waals surface area contributed by atoms with Gasteiger partial charge in [0.05, 0.1) is 13.2 Å². The van der Waals surface area contributed by atoms with E-state index in [0.29, 0.717) is 24.3 Å². The first-order valence-electron chi connectivity index (χ1n) is 12.1. The van der Waals surface area contributed by atoms with Gasteiger partial charge in [0.2, 0.25) is 6.29 Å². The van der Waals surface area contributed by atoms with Crippen LogP contribution in [-0.2, 0) is 14.3 Å². The molecule has 9 heteroatoms. The molecule has 188 valence electrons. The summed E-state index contributed by atoms with van der Waals surface area (Å²) >= 11 is 0. The van der Waals surface area contributed by atoms with Gasteiger partial charge in [0.1, 0.15) is 30.2 Å². The van der Waals surface area contributed by atoms with Gasteiger partial charge < -0.3 is 34.6 Å². The standard InChI is InChI=1S/C25H35NO8/c27-14-20-22(29)23(30)24(31)25(34-20)33-18-9-6-16(7-10-18)8-11-21(28)32-15-17-4-3-13-26-12-2-1-5-19(17)26/h6-11,17,19-20,22-25,27,29-31H,1-5,12-15H2. The molecule has 3 aliphatic rings. The second kappa shape index (κ2) is 11.6. The first kappa shape index (κ1) is 25.1. The number of esters is 1. The molecule has 1 aromatic carbocycles. The van der Waals surface area contributed by atoms with Crippen LogP contribution in [0.25, 0.3) is 6.08 Å². The molecule has 1 aromatic rings. The van der Waals surface area contributed by atoms with E-state index in [9.17, 15) is 25.2 Å². The lowest BCUT2D eigenvalue weighted by Crippen LogP contribution is -2.60. The summed E-state index contributed by atoms with van der Waals surface area (Å²) in [7, 11) is 0. The molecule has 9 nitrogen and oxygen atoms in total. The third-order valence-electron chi connectivity index (χ3n) is 7.06. The van der Waals surface area contributed by atoms with Crippen LogP contribution in [0.4, 0.5) is 0 Å². The molecule has 0 amide bonds. The fourth-order valence-electron chi connectivity index (χ4n) is 5.13. The molecule has 0 aromatic heterocycles. The Labute approximate surface area is 199 Å². The zero-order valence-electron chi connectivity index (χ0n) is 19.2. The number of hydrogen-bond donors (Lipinski definition) is 4. The van der Waals surface area contributed by atoms with E-state index in [-0.39, 0.29) is 5.97 Å². The highest BCUT2D eigenvalue weighted by Crippen LogP contribution is 2.31. The van der Waals surface area contributed by atoms with E-state index in [1.165, 1.54) is 25.3 Å². The average molecular weight is 478 g/mol. The third kappa shape index (κ3) is 5.97. The van der Waals surface area contributed by atoms with Crippen LogP contribution in [0.2, 0.25) is 0 Å². The van der Waals surface area contributed by atoms with Crippen LogP contribution in [0, 0.1) is 5.92 Å². The lowest BCUT2D eigenvalue weighted by Gasteiger charge is -2.44. The number of carbonyl (C=O) groups excluding carboxylic acids is 1. The lowest BCUT2D eigenvalue weighted by atomic mass is 9.84. The number of aliphatic hydroxyl groups excluding tert-OH is 4. The molecular formula is C25H35NO8. The van der Waals surface area contributed by atoms with E-state index >= 15 is 0 Å². The Morgan fingerprint density at radius 3 is 2.56 bits per heavy atom. The van der Waals surface area contributed by atoms with E-state index in [0.717, 1.165) is 31.5 Å². The Morgan fingerprint density at radius 2 is 1.79 bits per heavy atom. The molecule has 0 spiro atoms. The van der Waals surface area contributed by atoms with Gasteiger partial charge in [0.25, 0.3) is 0 Å². The minimum absolute atomic E-state index is 0.360. The topological polar surface area (TPSA) is 129 Å². The van der Waals surface area contributed by atoms with Crippen LogP contribution in [0.5, 0.6) is 5.75 Å². The van der Waals surface area contributed by atoms with Gasteiger partial charge in [0.15, 0.2) is 0 Å². The highest BCUT2D eigenvalue weighted by molar-refractivity contribution is 5.87. The predicted octanol–water partition coefficient (Wildman–Crippen LogP) is 0.686. The molecule has 34 heavy (non-hydrogen) atoms. The van der Waals surface area contributed by atoms with Crippen molar-refractivity contribution in [3.8, 4) is 5.75 Å². The molecule has 3 aliphatic heterocycles. The number of nitrogens with zero attached hydrogens (tertiary/aromatic N) is 1. The highest BCUT2D eigenvalue weighted by Gasteiger charge is 2.44. The van der Waals surface area contributed by atoms with Crippen LogP contribution in [0.3, 0.4) is 0 Å². The van der Waals surface area contributed by atoms with E-state index in [1.807, 2.05) is 0 Å². The molecule has 0 saturated carbocycles. The zero-order valence-corrected chi connectivity index (χ0v) is 19.2. The maximum atomic E-state index is 12.2. The molecule has 7 unspecified atom stereocenters. The summed E-state index contributed by atoms with van der Waals surface area (Å²) in [6, 6.07) is 7.25. The zero-order chi connectivity index (χ0) is 24.1. The van der Waals surface area contributed by atoms with Crippen molar-refractivity contribution in [1.82, 2.24) is 4.90 Å². The van der Waals surface area contributed by atoms with Gasteiger partial charge in [-0.15, -0.1) is 0 Å². The normalized spacial score (nSPS) is 34.5. The van der Waals surface area contributed by atoms with Gasteiger partial charge in [-0.2, -0.15) is 0 Å². The summed E-state index contributed by atoms with van der Waals surface area (Å²) in [5, 5.41) is 39.1.